The molecule has 358 valence electrons. The van der Waals surface area contributed by atoms with E-state index in [9.17, 15) is 39.3 Å². The van der Waals surface area contributed by atoms with Crippen molar-refractivity contribution in [2.24, 2.45) is 53.3 Å². The molecular weight excluding hydrogens is 815 g/mol. The smallest absolute Gasteiger partial charge is 0.329 e. The number of hydrogen-bond donors (Lipinski definition) is 3. The number of aliphatic hydroxyl groups excluding tert-OH is 2. The molecule has 12 nitrogen and oxygen atoms in total. The Hall–Kier alpha value is -3.29. The number of allylic oxidation sites excluding steroid dienone is 6. The van der Waals surface area contributed by atoms with Gasteiger partial charge in [-0.3, -0.25) is 19.2 Å². The van der Waals surface area contributed by atoms with Crippen LogP contribution in [0.3, 0.4) is 0 Å². The maximum Gasteiger partial charge on any atom is 0.329 e. The van der Waals surface area contributed by atoms with Gasteiger partial charge in [0.2, 0.25) is 0 Å². The first-order chi connectivity index (χ1) is 30.3. The number of nitrogens with zero attached hydrogens (tertiary/aromatic N) is 1. The Bertz CT molecular complexity index is 1780. The lowest BCUT2D eigenvalue weighted by molar-refractivity contribution is -0.171. The zero-order chi connectivity index (χ0) is 47.0. The number of carbonyl (C=O) groups is 5. The fourth-order valence-corrected chi connectivity index (χ4v) is 11.6. The van der Waals surface area contributed by atoms with Gasteiger partial charge in [0.1, 0.15) is 35.7 Å². The molecule has 12 heteroatoms. The highest BCUT2D eigenvalue weighted by Crippen LogP contribution is 2.51. The van der Waals surface area contributed by atoms with Gasteiger partial charge in [-0.2, -0.15) is 0 Å². The number of ketones is 3. The number of piperidine rings is 1. The minimum atomic E-state index is -1.91. The summed E-state index contributed by atoms with van der Waals surface area (Å²) in [6, 6.07) is -1.06. The van der Waals surface area contributed by atoms with Crippen LogP contribution in [0.5, 0.6) is 0 Å². The summed E-state index contributed by atoms with van der Waals surface area (Å²) in [5, 5.41) is 34.0. The quantitative estimate of drug-likeness (QED) is 0.146. The average Bonchev–Trinajstić information content (AvgIpc) is 3.84. The van der Waals surface area contributed by atoms with Crippen molar-refractivity contribution < 1.29 is 53.5 Å². The number of amides is 1. The van der Waals surface area contributed by atoms with E-state index in [0.717, 1.165) is 31.3 Å². The van der Waals surface area contributed by atoms with E-state index in [4.69, 9.17) is 14.2 Å². The third-order valence-electron chi connectivity index (χ3n) is 15.9. The van der Waals surface area contributed by atoms with Crippen LogP contribution in [0.15, 0.2) is 47.6 Å². The van der Waals surface area contributed by atoms with Crippen LogP contribution in [-0.4, -0.2) is 112 Å². The number of carbonyl (C=O) groups excluding carboxylic acids is 5. The Morgan fingerprint density at radius 1 is 0.859 bits per heavy atom. The van der Waals surface area contributed by atoms with E-state index in [0.29, 0.717) is 55.9 Å². The van der Waals surface area contributed by atoms with E-state index in [1.54, 1.807) is 34.0 Å². The number of hydrogen-bond acceptors (Lipinski definition) is 11. The molecule has 5 rings (SSSR count). The van der Waals surface area contributed by atoms with Crippen LogP contribution in [0, 0.1) is 53.3 Å². The first-order valence-electron chi connectivity index (χ1n) is 24.3. The van der Waals surface area contributed by atoms with Crippen LogP contribution in [-0.2, 0) is 38.2 Å². The molecule has 64 heavy (non-hydrogen) atoms. The lowest BCUT2D eigenvalue weighted by Crippen LogP contribution is -2.59. The minimum absolute atomic E-state index is 0.0444. The van der Waals surface area contributed by atoms with Gasteiger partial charge in [0.25, 0.3) is 11.7 Å². The maximum atomic E-state index is 14.4. The highest BCUT2D eigenvalue weighted by atomic mass is 16.5. The minimum Gasteiger partial charge on any atom is -0.460 e. The largest absolute Gasteiger partial charge is 0.460 e. The highest BCUT2D eigenvalue weighted by molar-refractivity contribution is 6.39. The van der Waals surface area contributed by atoms with E-state index in [1.165, 1.54) is 12.0 Å². The summed E-state index contributed by atoms with van der Waals surface area (Å²) in [5.74, 6) is -3.87. The summed E-state index contributed by atoms with van der Waals surface area (Å²) < 4.78 is 17.8. The third kappa shape index (κ3) is 12.4. The van der Waals surface area contributed by atoms with Gasteiger partial charge in [-0.05, 0) is 143 Å². The molecule has 1 amide bonds. The van der Waals surface area contributed by atoms with Gasteiger partial charge < -0.3 is 34.4 Å². The molecule has 0 aromatic heterocycles. The summed E-state index contributed by atoms with van der Waals surface area (Å²) in [6.45, 7) is 13.2. The fourth-order valence-electron chi connectivity index (χ4n) is 11.6. The second kappa shape index (κ2) is 22.9. The van der Waals surface area contributed by atoms with Crippen LogP contribution in [0.25, 0.3) is 0 Å². The lowest BCUT2D eigenvalue weighted by Gasteiger charge is -2.43. The number of aliphatic hydroxyl groups is 3. The Balaban J connectivity index is 1.46. The lowest BCUT2D eigenvalue weighted by atomic mass is 9.67. The van der Waals surface area contributed by atoms with Gasteiger partial charge in [-0.1, -0.05) is 71.1 Å². The van der Waals surface area contributed by atoms with Gasteiger partial charge in [0.05, 0.1) is 12.2 Å². The second-order valence-corrected chi connectivity index (χ2v) is 20.7. The Morgan fingerprint density at radius 3 is 2.25 bits per heavy atom. The second-order valence-electron chi connectivity index (χ2n) is 20.7. The average molecular weight is 894 g/mol. The van der Waals surface area contributed by atoms with Crippen molar-refractivity contribution in [1.29, 1.82) is 0 Å². The number of cyclic esters (lactones) is 1. The van der Waals surface area contributed by atoms with Crippen molar-refractivity contribution in [3.63, 3.8) is 0 Å². The first-order valence-corrected chi connectivity index (χ1v) is 24.3. The summed E-state index contributed by atoms with van der Waals surface area (Å²) in [4.78, 5) is 72.1. The maximum absolute atomic E-state index is 14.4. The van der Waals surface area contributed by atoms with Gasteiger partial charge in [0, 0.05) is 39.0 Å². The van der Waals surface area contributed by atoms with Gasteiger partial charge in [0.15, 0.2) is 5.78 Å². The molecule has 16 atom stereocenters. The van der Waals surface area contributed by atoms with E-state index < -0.39 is 65.4 Å². The van der Waals surface area contributed by atoms with Crippen LogP contribution in [0.2, 0.25) is 0 Å². The third-order valence-corrected chi connectivity index (χ3v) is 15.9. The molecule has 3 N–H and O–H groups in total. The molecule has 0 radical (unpaired) electrons. The van der Waals surface area contributed by atoms with Gasteiger partial charge in [-0.25, -0.2) is 4.79 Å². The van der Waals surface area contributed by atoms with Gasteiger partial charge in [-0.15, -0.1) is 0 Å². The van der Waals surface area contributed by atoms with E-state index >= 15 is 0 Å². The van der Waals surface area contributed by atoms with E-state index in [2.05, 4.69) is 0 Å². The molecular formula is C52H79NO11. The Labute approximate surface area is 382 Å². The predicted octanol–water partition coefficient (Wildman–Crippen LogP) is 7.08. The summed E-state index contributed by atoms with van der Waals surface area (Å²) in [5.41, 5.74) is -0.532. The predicted molar refractivity (Wildman–Crippen MR) is 245 cm³/mol. The Kier molecular flexibility index (Phi) is 18.5. The highest BCUT2D eigenvalue weighted by Gasteiger charge is 2.52. The molecule has 4 fully saturated rings. The SMILES string of the molecule is CO[C@H]1C[C@@H]2CC[C@@H](C)[C@@](O)(C2)C(=O)C(=O)N2CCCC[C@H]2C(=O)O[C@H]([C@H](C)C[C@H]2C[C@H]3C[C@@H]2C[C@@H]3O)CC(=O)[C@H](C)/C=C(\C)[C@@H](O)[C@@H](OC)C(=O)[C@H](C)C[C@H](C)/C=C/C=CC=C1C. The van der Waals surface area contributed by atoms with Crippen LogP contribution in [0.1, 0.15) is 132 Å². The van der Waals surface area contributed by atoms with Crippen molar-refractivity contribution in [1.82, 2.24) is 4.90 Å². The molecule has 2 aliphatic heterocycles. The summed E-state index contributed by atoms with van der Waals surface area (Å²) >= 11 is 0. The first kappa shape index (κ1) is 51.7. The summed E-state index contributed by atoms with van der Waals surface area (Å²) in [6.07, 6.45) is 14.7. The molecule has 5 aliphatic rings. The topological polar surface area (TPSA) is 177 Å². The standard InChI is InChI=1S/C52H79NO11/c1-30-15-11-10-12-16-31(2)44(62-8)24-37-19-18-36(7)52(61,29-37)49(58)50(59)53-20-14-13-17-41(53)51(60)64-45(33(4)23-38-25-40-26-39(38)27-43(40)55)28-42(54)32(3)22-35(6)47(57)48(63-9)46(56)34(5)21-30/h10-12,15-16,22,30,32-34,36-41,43-45,47-48,55,57,61H,13-14,17-21,23-29H2,1-9H3/b12-10?,15-11+,31-16?,35-22+/t30-,32-,33-,34-,36-,37+,38+,39-,40+,41+,43+,44+,45+,47-,48+,52+/m1/s1. The molecule has 2 heterocycles. The van der Waals surface area contributed by atoms with Crippen molar-refractivity contribution in [2.75, 3.05) is 20.8 Å². The normalized spacial score (nSPS) is 41.2. The van der Waals surface area contributed by atoms with Crippen molar-refractivity contribution >= 4 is 29.2 Å². The molecule has 0 unspecified atom stereocenters. The molecule has 1 saturated heterocycles. The number of fused-ring (bicyclic) bond motifs is 5. The zero-order valence-corrected chi connectivity index (χ0v) is 40.1. The van der Waals surface area contributed by atoms with Crippen LogP contribution < -0.4 is 0 Å². The molecule has 0 aromatic rings. The molecule has 4 bridgehead atoms. The number of Topliss-reactive ketones (excluding diaryl/α,β-unsaturated/α-hetero) is 3. The van der Waals surface area contributed by atoms with E-state index in [-0.39, 0.29) is 73.3 Å². The van der Waals surface area contributed by atoms with Crippen LogP contribution >= 0.6 is 0 Å². The van der Waals surface area contributed by atoms with Crippen LogP contribution in [0.4, 0.5) is 0 Å². The summed E-state index contributed by atoms with van der Waals surface area (Å²) in [7, 11) is 3.03. The zero-order valence-electron chi connectivity index (χ0n) is 40.1. The van der Waals surface area contributed by atoms with Gasteiger partial charge >= 0.3 is 5.97 Å². The molecule has 3 saturated carbocycles. The number of methoxy groups -OCH3 is 2. The number of esters is 1. The Morgan fingerprint density at radius 2 is 1.59 bits per heavy atom. The van der Waals surface area contributed by atoms with Crippen molar-refractivity contribution in [3.05, 3.63) is 47.6 Å². The van der Waals surface area contributed by atoms with E-state index in [1.807, 2.05) is 58.1 Å². The fraction of sp³-hybridized carbons (Fsp3) is 0.750. The number of rotatable bonds is 5. The number of ether oxygens (including phenoxy) is 3. The monoisotopic (exact) mass is 894 g/mol. The molecule has 3 aliphatic carbocycles. The van der Waals surface area contributed by atoms with Crippen molar-refractivity contribution in [2.45, 2.75) is 174 Å². The van der Waals surface area contributed by atoms with Crippen molar-refractivity contribution in [3.8, 4) is 0 Å². The molecule has 0 aromatic carbocycles. The molecule has 0 spiro atoms.